The van der Waals surface area contributed by atoms with Crippen molar-refractivity contribution in [3.63, 3.8) is 0 Å². The van der Waals surface area contributed by atoms with Crippen molar-refractivity contribution in [1.29, 1.82) is 0 Å². The molecule has 3 aromatic heterocycles. The molecule has 1 aliphatic heterocycles. The lowest BCUT2D eigenvalue weighted by Crippen LogP contribution is -2.34. The van der Waals surface area contributed by atoms with Crippen molar-refractivity contribution in [2.75, 3.05) is 36.0 Å². The maximum absolute atomic E-state index is 12.6. The van der Waals surface area contributed by atoms with Gasteiger partial charge < -0.3 is 10.2 Å². The Morgan fingerprint density at radius 3 is 2.92 bits per heavy atom. The molecule has 0 bridgehead atoms. The molecule has 136 valence electrons. The minimum Gasteiger partial charge on any atom is -0.354 e. The number of rotatable bonds is 5. The number of nitrogens with zero attached hydrogens (tertiary/aromatic N) is 5. The first-order chi connectivity index (χ1) is 12.7. The van der Waals surface area contributed by atoms with Gasteiger partial charge in [-0.15, -0.1) is 11.3 Å². The fourth-order valence-electron chi connectivity index (χ4n) is 2.95. The normalized spacial score (nSPS) is 14.7. The van der Waals surface area contributed by atoms with Crippen LogP contribution in [0, 0.1) is 0 Å². The van der Waals surface area contributed by atoms with E-state index in [1.807, 2.05) is 36.5 Å². The molecule has 0 spiro atoms. The number of fused-ring (bicyclic) bond motifs is 1. The van der Waals surface area contributed by atoms with Crippen molar-refractivity contribution in [1.82, 2.24) is 25.1 Å². The van der Waals surface area contributed by atoms with Crippen LogP contribution in [0.25, 0.3) is 11.0 Å². The fraction of sp³-hybridized carbons (Fsp3) is 0.412. The van der Waals surface area contributed by atoms with Crippen LogP contribution in [0.1, 0.15) is 15.5 Å². The maximum atomic E-state index is 12.6. The van der Waals surface area contributed by atoms with E-state index in [9.17, 15) is 4.79 Å². The third-order valence-corrected chi connectivity index (χ3v) is 6.10. The second kappa shape index (κ2) is 7.63. The highest BCUT2D eigenvalue weighted by atomic mass is 32.2. The van der Waals surface area contributed by atoms with E-state index in [-0.39, 0.29) is 11.7 Å². The molecule has 0 aliphatic carbocycles. The first-order valence-corrected chi connectivity index (χ1v) is 10.6. The zero-order chi connectivity index (χ0) is 17.9. The number of thioether (sulfide) groups is 1. The van der Waals surface area contributed by atoms with Crippen molar-refractivity contribution >= 4 is 45.9 Å². The van der Waals surface area contributed by atoms with Gasteiger partial charge in [-0.3, -0.25) is 9.48 Å². The number of anilines is 1. The first-order valence-electron chi connectivity index (χ1n) is 8.55. The molecule has 9 heteroatoms. The summed E-state index contributed by atoms with van der Waals surface area (Å²) in [6, 6.07) is 4.09. The summed E-state index contributed by atoms with van der Waals surface area (Å²) in [5, 5.41) is 10.3. The highest BCUT2D eigenvalue weighted by Gasteiger charge is 2.21. The number of carbonyl (C=O) groups is 1. The van der Waals surface area contributed by atoms with Crippen LogP contribution in [-0.2, 0) is 13.5 Å². The quantitative estimate of drug-likeness (QED) is 0.720. The summed E-state index contributed by atoms with van der Waals surface area (Å²) in [5.74, 6) is 2.88. The van der Waals surface area contributed by atoms with Crippen LogP contribution in [0.2, 0.25) is 0 Å². The number of hydrogen-bond acceptors (Lipinski definition) is 7. The summed E-state index contributed by atoms with van der Waals surface area (Å²) in [7, 11) is 1.86. The van der Waals surface area contributed by atoms with Crippen LogP contribution >= 0.6 is 23.1 Å². The molecule has 0 saturated carbocycles. The van der Waals surface area contributed by atoms with Gasteiger partial charge in [0, 0.05) is 49.3 Å². The molecule has 1 aliphatic rings. The number of aromatic nitrogens is 4. The number of aryl methyl sites for hydroxylation is 1. The Labute approximate surface area is 159 Å². The number of hydrogen-bond donors (Lipinski definition) is 1. The van der Waals surface area contributed by atoms with Crippen molar-refractivity contribution < 1.29 is 4.79 Å². The van der Waals surface area contributed by atoms with Crippen LogP contribution in [-0.4, -0.2) is 56.8 Å². The third-order valence-electron chi connectivity index (χ3n) is 4.22. The highest BCUT2D eigenvalue weighted by molar-refractivity contribution is 7.99. The topological polar surface area (TPSA) is 75.9 Å². The molecule has 7 nitrogen and oxygen atoms in total. The number of thiophene rings is 1. The Kier molecular flexibility index (Phi) is 5.07. The number of carbonyl (C=O) groups excluding carboxylic acids is 1. The smallest absolute Gasteiger partial charge is 0.289 e. The lowest BCUT2D eigenvalue weighted by Gasteiger charge is -2.27. The minimum atomic E-state index is -0.248. The van der Waals surface area contributed by atoms with E-state index in [0.717, 1.165) is 42.2 Å². The van der Waals surface area contributed by atoms with Gasteiger partial charge in [-0.2, -0.15) is 16.9 Å². The predicted molar refractivity (Wildman–Crippen MR) is 106 cm³/mol. The lowest BCUT2D eigenvalue weighted by atomic mass is 10.3. The molecule has 3 aromatic rings. The Balaban J connectivity index is 1.56. The zero-order valence-corrected chi connectivity index (χ0v) is 16.1. The molecule has 0 radical (unpaired) electrons. The molecule has 1 amide bonds. The van der Waals surface area contributed by atoms with E-state index in [4.69, 9.17) is 0 Å². The van der Waals surface area contributed by atoms with Crippen LogP contribution < -0.4 is 10.2 Å². The van der Waals surface area contributed by atoms with E-state index in [0.29, 0.717) is 12.2 Å². The molecule has 4 heterocycles. The van der Waals surface area contributed by atoms with E-state index in [1.165, 1.54) is 4.88 Å². The van der Waals surface area contributed by atoms with Gasteiger partial charge in [0.1, 0.15) is 5.82 Å². The zero-order valence-electron chi connectivity index (χ0n) is 14.5. The van der Waals surface area contributed by atoms with Crippen molar-refractivity contribution in [2.45, 2.75) is 6.42 Å². The maximum Gasteiger partial charge on any atom is 0.289 e. The van der Waals surface area contributed by atoms with E-state index in [2.05, 4.69) is 31.3 Å². The number of nitrogens with one attached hydrogen (secondary N) is 1. The molecule has 26 heavy (non-hydrogen) atoms. The standard InChI is InChI=1S/C17H20N6OS2/c1-22-11-13-14(21-22)19-15(20-16(13)23-6-9-25-10-7-23)17(24)18-5-4-12-3-2-8-26-12/h2-3,8,11H,4-7,9-10H2,1H3,(H,18,24). The number of amides is 1. The summed E-state index contributed by atoms with van der Waals surface area (Å²) in [5.41, 5.74) is 0.569. The van der Waals surface area contributed by atoms with E-state index < -0.39 is 0 Å². The van der Waals surface area contributed by atoms with Gasteiger partial charge in [-0.1, -0.05) is 6.07 Å². The predicted octanol–water partition coefficient (Wildman–Crippen LogP) is 1.95. The summed E-state index contributed by atoms with van der Waals surface area (Å²) in [6.45, 7) is 2.41. The van der Waals surface area contributed by atoms with Gasteiger partial charge in [-0.25, -0.2) is 9.97 Å². The van der Waals surface area contributed by atoms with Crippen molar-refractivity contribution in [3.05, 3.63) is 34.4 Å². The largest absolute Gasteiger partial charge is 0.354 e. The van der Waals surface area contributed by atoms with Crippen molar-refractivity contribution in [2.24, 2.45) is 7.05 Å². The fourth-order valence-corrected chi connectivity index (χ4v) is 4.57. The molecular weight excluding hydrogens is 368 g/mol. The Morgan fingerprint density at radius 2 is 2.15 bits per heavy atom. The van der Waals surface area contributed by atoms with Gasteiger partial charge in [0.05, 0.1) is 5.39 Å². The summed E-state index contributed by atoms with van der Waals surface area (Å²) in [6.07, 6.45) is 2.73. The highest BCUT2D eigenvalue weighted by Crippen LogP contribution is 2.25. The molecular formula is C17H20N6OS2. The van der Waals surface area contributed by atoms with Crippen LogP contribution in [0.15, 0.2) is 23.7 Å². The Hall–Kier alpha value is -2.13. The van der Waals surface area contributed by atoms with E-state index >= 15 is 0 Å². The van der Waals surface area contributed by atoms with Crippen LogP contribution in [0.5, 0.6) is 0 Å². The average Bonchev–Trinajstić information content (AvgIpc) is 3.30. The monoisotopic (exact) mass is 388 g/mol. The second-order valence-electron chi connectivity index (χ2n) is 6.10. The van der Waals surface area contributed by atoms with Gasteiger partial charge >= 0.3 is 0 Å². The van der Waals surface area contributed by atoms with Gasteiger partial charge in [-0.05, 0) is 17.9 Å². The SMILES string of the molecule is Cn1cc2c(N3CCSCC3)nc(C(=O)NCCc3cccs3)nc2n1. The van der Waals surface area contributed by atoms with Crippen LogP contribution in [0.4, 0.5) is 5.82 Å². The molecule has 4 rings (SSSR count). The molecule has 0 atom stereocenters. The minimum absolute atomic E-state index is 0.190. The molecule has 1 fully saturated rings. The summed E-state index contributed by atoms with van der Waals surface area (Å²) in [4.78, 5) is 25.0. The summed E-state index contributed by atoms with van der Waals surface area (Å²) < 4.78 is 1.72. The Morgan fingerprint density at radius 1 is 1.31 bits per heavy atom. The molecule has 0 unspecified atom stereocenters. The van der Waals surface area contributed by atoms with Crippen LogP contribution in [0.3, 0.4) is 0 Å². The first kappa shape index (κ1) is 17.3. The lowest BCUT2D eigenvalue weighted by molar-refractivity contribution is 0.0944. The molecule has 1 saturated heterocycles. The average molecular weight is 389 g/mol. The molecule has 1 N–H and O–H groups in total. The Bertz CT molecular complexity index is 902. The third kappa shape index (κ3) is 3.68. The van der Waals surface area contributed by atoms with Crippen molar-refractivity contribution in [3.8, 4) is 0 Å². The van der Waals surface area contributed by atoms with Gasteiger partial charge in [0.25, 0.3) is 5.91 Å². The summed E-state index contributed by atoms with van der Waals surface area (Å²) >= 11 is 3.63. The second-order valence-corrected chi connectivity index (χ2v) is 8.35. The van der Waals surface area contributed by atoms with E-state index in [1.54, 1.807) is 16.0 Å². The molecule has 0 aromatic carbocycles. The van der Waals surface area contributed by atoms with Gasteiger partial charge in [0.2, 0.25) is 5.82 Å². The van der Waals surface area contributed by atoms with Gasteiger partial charge in [0.15, 0.2) is 5.65 Å².